The van der Waals surface area contributed by atoms with Gasteiger partial charge in [0.25, 0.3) is 10.0 Å². The molecule has 2 aromatic rings. The third-order valence-corrected chi connectivity index (χ3v) is 6.89. The summed E-state index contributed by atoms with van der Waals surface area (Å²) in [7, 11) is -2.60. The smallest absolute Gasteiger partial charge is 0.264 e. The third kappa shape index (κ3) is 6.10. The molecule has 1 amide bonds. The molecule has 0 saturated carbocycles. The fourth-order valence-corrected chi connectivity index (χ4v) is 4.85. The zero-order chi connectivity index (χ0) is 22.3. The number of anilines is 1. The largest absolute Gasteiger partial charge is 0.495 e. The highest BCUT2D eigenvalue weighted by atomic mass is 35.5. The van der Waals surface area contributed by atoms with Gasteiger partial charge >= 0.3 is 0 Å². The maximum atomic E-state index is 13.4. The Kier molecular flexibility index (Phi) is 8.14. The molecule has 1 fully saturated rings. The highest BCUT2D eigenvalue weighted by Crippen LogP contribution is 2.34. The van der Waals surface area contributed by atoms with Gasteiger partial charge in [0.1, 0.15) is 12.3 Å². The number of nitrogens with one attached hydrogen (secondary N) is 1. The number of sulfonamides is 1. The van der Waals surface area contributed by atoms with E-state index in [1.54, 1.807) is 30.3 Å². The molecule has 10 heteroatoms. The number of carbonyl (C=O) groups excluding carboxylic acids is 1. The summed E-state index contributed by atoms with van der Waals surface area (Å²) in [6, 6.07) is 12.6. The molecule has 31 heavy (non-hydrogen) atoms. The Morgan fingerprint density at radius 2 is 1.90 bits per heavy atom. The Morgan fingerprint density at radius 3 is 2.58 bits per heavy atom. The molecular weight excluding hydrogens is 442 g/mol. The second-order valence-corrected chi connectivity index (χ2v) is 9.24. The van der Waals surface area contributed by atoms with Gasteiger partial charge in [0, 0.05) is 31.2 Å². The molecule has 8 nitrogen and oxygen atoms in total. The van der Waals surface area contributed by atoms with Crippen molar-refractivity contribution in [1.29, 1.82) is 0 Å². The van der Waals surface area contributed by atoms with Crippen molar-refractivity contribution in [2.24, 2.45) is 0 Å². The highest BCUT2D eigenvalue weighted by Gasteiger charge is 2.29. The van der Waals surface area contributed by atoms with E-state index in [-0.39, 0.29) is 10.6 Å². The quantitative estimate of drug-likeness (QED) is 0.606. The Morgan fingerprint density at radius 1 is 1.19 bits per heavy atom. The van der Waals surface area contributed by atoms with Crippen LogP contribution < -0.4 is 14.4 Å². The summed E-state index contributed by atoms with van der Waals surface area (Å²) < 4.78 is 38.5. The van der Waals surface area contributed by atoms with E-state index in [9.17, 15) is 13.2 Å². The molecule has 1 saturated heterocycles. The minimum Gasteiger partial charge on any atom is -0.495 e. The molecule has 1 aliphatic heterocycles. The van der Waals surface area contributed by atoms with Crippen LogP contribution >= 0.6 is 11.6 Å². The highest BCUT2D eigenvalue weighted by molar-refractivity contribution is 7.92. The molecule has 0 unspecified atom stereocenters. The molecule has 0 aliphatic carbocycles. The molecule has 0 atom stereocenters. The topological polar surface area (TPSA) is 88.2 Å². The minimum absolute atomic E-state index is 0.0677. The average Bonchev–Trinajstić information content (AvgIpc) is 2.78. The van der Waals surface area contributed by atoms with E-state index in [1.165, 1.54) is 25.3 Å². The molecule has 0 radical (unpaired) electrons. The fourth-order valence-electron chi connectivity index (χ4n) is 3.24. The monoisotopic (exact) mass is 467 g/mol. The SMILES string of the molecule is COc1ccc(Cl)cc1N(CC(=O)NCCN1CCOCC1)S(=O)(=O)c1ccccc1. The first-order valence-corrected chi connectivity index (χ1v) is 11.7. The van der Waals surface area contributed by atoms with Gasteiger partial charge in [-0.25, -0.2) is 8.42 Å². The number of ether oxygens (including phenoxy) is 2. The van der Waals surface area contributed by atoms with Crippen LogP contribution in [0, 0.1) is 0 Å². The lowest BCUT2D eigenvalue weighted by atomic mass is 10.3. The molecular formula is C21H26ClN3O5S. The lowest BCUT2D eigenvalue weighted by Gasteiger charge is -2.27. The molecule has 1 aliphatic rings. The third-order valence-electron chi connectivity index (χ3n) is 4.88. The van der Waals surface area contributed by atoms with Crippen LogP contribution in [0.25, 0.3) is 0 Å². The first-order valence-electron chi connectivity index (χ1n) is 9.90. The molecule has 2 aromatic carbocycles. The van der Waals surface area contributed by atoms with Crippen LogP contribution in [0.15, 0.2) is 53.4 Å². The molecule has 0 aromatic heterocycles. The second-order valence-electron chi connectivity index (χ2n) is 6.94. The van der Waals surface area contributed by atoms with Gasteiger partial charge in [0.2, 0.25) is 5.91 Å². The van der Waals surface area contributed by atoms with Crippen molar-refractivity contribution >= 4 is 33.2 Å². The molecule has 3 rings (SSSR count). The number of hydrogen-bond acceptors (Lipinski definition) is 6. The van der Waals surface area contributed by atoms with E-state index in [0.717, 1.165) is 17.4 Å². The van der Waals surface area contributed by atoms with Gasteiger partial charge in [0.15, 0.2) is 0 Å². The van der Waals surface area contributed by atoms with Gasteiger partial charge in [0.05, 0.1) is 30.9 Å². The molecule has 1 heterocycles. The summed E-state index contributed by atoms with van der Waals surface area (Å²) in [6.07, 6.45) is 0. The van der Waals surface area contributed by atoms with Crippen molar-refractivity contribution in [3.8, 4) is 5.75 Å². The summed E-state index contributed by atoms with van der Waals surface area (Å²) >= 11 is 6.13. The number of carbonyl (C=O) groups is 1. The maximum Gasteiger partial charge on any atom is 0.264 e. The maximum absolute atomic E-state index is 13.4. The molecule has 1 N–H and O–H groups in total. The number of amides is 1. The van der Waals surface area contributed by atoms with Crippen LogP contribution in [0.5, 0.6) is 5.75 Å². The fraction of sp³-hybridized carbons (Fsp3) is 0.381. The first-order chi connectivity index (χ1) is 14.9. The van der Waals surface area contributed by atoms with Crippen molar-refractivity contribution in [3.63, 3.8) is 0 Å². The Balaban J connectivity index is 1.81. The summed E-state index contributed by atoms with van der Waals surface area (Å²) in [4.78, 5) is 14.9. The number of benzene rings is 2. The van der Waals surface area contributed by atoms with Gasteiger partial charge in [-0.1, -0.05) is 29.8 Å². The van der Waals surface area contributed by atoms with Crippen LogP contribution in [-0.2, 0) is 19.6 Å². The Bertz CT molecular complexity index is 982. The van der Waals surface area contributed by atoms with Gasteiger partial charge in [-0.05, 0) is 30.3 Å². The Hall–Kier alpha value is -2.33. The van der Waals surface area contributed by atoms with E-state index in [1.807, 2.05) is 0 Å². The van der Waals surface area contributed by atoms with Gasteiger partial charge in [-0.3, -0.25) is 14.0 Å². The summed E-state index contributed by atoms with van der Waals surface area (Å²) in [5, 5.41) is 3.13. The van der Waals surface area contributed by atoms with Gasteiger partial charge in [-0.15, -0.1) is 0 Å². The standard InChI is InChI=1S/C21H26ClN3O5S/c1-29-20-8-7-17(22)15-19(20)25(31(27,28)18-5-3-2-4-6-18)16-21(26)23-9-10-24-11-13-30-14-12-24/h2-8,15H,9-14,16H2,1H3,(H,23,26). The number of hydrogen-bond donors (Lipinski definition) is 1. The van der Waals surface area contributed by atoms with E-state index in [4.69, 9.17) is 21.1 Å². The predicted octanol–water partition coefficient (Wildman–Crippen LogP) is 1.99. The second kappa shape index (κ2) is 10.8. The van der Waals surface area contributed by atoms with Crippen LogP contribution in [-0.4, -0.2) is 72.3 Å². The number of methoxy groups -OCH3 is 1. The zero-order valence-electron chi connectivity index (χ0n) is 17.3. The van der Waals surface area contributed by atoms with Crippen molar-refractivity contribution in [1.82, 2.24) is 10.2 Å². The van der Waals surface area contributed by atoms with E-state index in [2.05, 4.69) is 10.2 Å². The Labute approximate surface area is 187 Å². The molecule has 0 bridgehead atoms. The van der Waals surface area contributed by atoms with E-state index >= 15 is 0 Å². The predicted molar refractivity (Wildman–Crippen MR) is 119 cm³/mol. The minimum atomic E-state index is -4.04. The normalized spacial score (nSPS) is 14.8. The molecule has 168 valence electrons. The molecule has 0 spiro atoms. The van der Waals surface area contributed by atoms with Crippen molar-refractivity contribution in [2.45, 2.75) is 4.90 Å². The number of halogens is 1. The van der Waals surface area contributed by atoms with E-state index < -0.39 is 22.5 Å². The van der Waals surface area contributed by atoms with Crippen LogP contribution in [0.4, 0.5) is 5.69 Å². The van der Waals surface area contributed by atoms with Gasteiger partial charge < -0.3 is 14.8 Å². The van der Waals surface area contributed by atoms with Crippen LogP contribution in [0.3, 0.4) is 0 Å². The average molecular weight is 468 g/mol. The lowest BCUT2D eigenvalue weighted by Crippen LogP contribution is -2.45. The summed E-state index contributed by atoms with van der Waals surface area (Å²) in [5.41, 5.74) is 0.196. The number of nitrogens with zero attached hydrogens (tertiary/aromatic N) is 2. The van der Waals surface area contributed by atoms with Gasteiger partial charge in [-0.2, -0.15) is 0 Å². The summed E-state index contributed by atoms with van der Waals surface area (Å²) in [5.74, 6) is -0.125. The van der Waals surface area contributed by atoms with Crippen LogP contribution in [0.1, 0.15) is 0 Å². The first kappa shape index (κ1) is 23.3. The zero-order valence-corrected chi connectivity index (χ0v) is 18.9. The lowest BCUT2D eigenvalue weighted by molar-refractivity contribution is -0.119. The van der Waals surface area contributed by atoms with Crippen molar-refractivity contribution in [3.05, 3.63) is 53.6 Å². The number of morpholine rings is 1. The van der Waals surface area contributed by atoms with Crippen molar-refractivity contribution in [2.75, 3.05) is 57.4 Å². The van der Waals surface area contributed by atoms with Crippen molar-refractivity contribution < 1.29 is 22.7 Å². The summed E-state index contributed by atoms with van der Waals surface area (Å²) in [6.45, 7) is 3.63. The van der Waals surface area contributed by atoms with E-state index in [0.29, 0.717) is 37.1 Å². The number of rotatable bonds is 9. The van der Waals surface area contributed by atoms with Crippen LogP contribution in [0.2, 0.25) is 5.02 Å².